The van der Waals surface area contributed by atoms with Crippen molar-refractivity contribution >= 4 is 39.1 Å². The fourth-order valence-electron chi connectivity index (χ4n) is 3.79. The van der Waals surface area contributed by atoms with Crippen LogP contribution in [0.1, 0.15) is 56.2 Å². The van der Waals surface area contributed by atoms with Crippen molar-refractivity contribution in [1.29, 1.82) is 0 Å². The highest BCUT2D eigenvalue weighted by molar-refractivity contribution is 7.92. The Labute approximate surface area is 220 Å². The molecule has 1 N–H and O–H groups in total. The fraction of sp³-hybridized carbons (Fsp3) is 0.481. The third-order valence-corrected chi connectivity index (χ3v) is 7.64. The van der Waals surface area contributed by atoms with Gasteiger partial charge in [-0.15, -0.1) is 0 Å². The van der Waals surface area contributed by atoms with E-state index >= 15 is 0 Å². The molecule has 2 aromatic rings. The number of nitrogens with zero attached hydrogens (tertiary/aromatic N) is 2. The molecular weight excluding hydrogens is 498 g/mol. The molecule has 0 fully saturated rings. The number of amides is 2. The smallest absolute Gasteiger partial charge is 0.242 e. The molecule has 7 nitrogen and oxygen atoms in total. The number of benzene rings is 2. The van der Waals surface area contributed by atoms with Gasteiger partial charge in [0.05, 0.1) is 11.9 Å². The normalized spacial score (nSPS) is 12.2. The van der Waals surface area contributed by atoms with Gasteiger partial charge in [0, 0.05) is 31.1 Å². The van der Waals surface area contributed by atoms with E-state index in [-0.39, 0.29) is 31.3 Å². The Morgan fingerprint density at radius 3 is 2.28 bits per heavy atom. The first-order valence-electron chi connectivity index (χ1n) is 12.3. The first-order valence-corrected chi connectivity index (χ1v) is 14.5. The van der Waals surface area contributed by atoms with Crippen molar-refractivity contribution in [3.8, 4) is 0 Å². The molecule has 0 radical (unpaired) electrons. The predicted octanol–water partition coefficient (Wildman–Crippen LogP) is 4.84. The number of unbranched alkanes of at least 4 members (excludes halogenated alkanes) is 1. The monoisotopic (exact) mass is 535 g/mol. The molecule has 0 saturated carbocycles. The SMILES string of the molecule is CCCCNC(=O)[C@@H](C)N(Cc1ccc(Cl)cc1)C(=O)CCCN(c1ccc(C)c(C)c1)S(C)(=O)=O. The standard InChI is InChI=1S/C27H38ClN3O4S/c1-6-7-16-29-27(33)22(4)30(19-23-11-13-24(28)14-12-23)26(32)9-8-17-31(36(5,34)35)25-15-10-20(2)21(3)18-25/h10-15,18,22H,6-9,16-17,19H2,1-5H3,(H,29,33)/t22-/m1/s1. The van der Waals surface area contributed by atoms with Crippen LogP contribution in [-0.4, -0.2) is 50.5 Å². The van der Waals surface area contributed by atoms with Gasteiger partial charge < -0.3 is 10.2 Å². The maximum atomic E-state index is 13.3. The van der Waals surface area contributed by atoms with Crippen molar-refractivity contribution in [2.24, 2.45) is 0 Å². The van der Waals surface area contributed by atoms with Crippen molar-refractivity contribution in [2.75, 3.05) is 23.7 Å². The topological polar surface area (TPSA) is 86.8 Å². The first-order chi connectivity index (χ1) is 16.9. The van der Waals surface area contributed by atoms with Gasteiger partial charge in [0.25, 0.3) is 0 Å². The van der Waals surface area contributed by atoms with Crippen LogP contribution in [0, 0.1) is 13.8 Å². The Hall–Kier alpha value is -2.58. The zero-order valence-corrected chi connectivity index (χ0v) is 23.5. The zero-order valence-electron chi connectivity index (χ0n) is 21.9. The lowest BCUT2D eigenvalue weighted by Crippen LogP contribution is -2.47. The van der Waals surface area contributed by atoms with Gasteiger partial charge in [-0.25, -0.2) is 8.42 Å². The third-order valence-electron chi connectivity index (χ3n) is 6.19. The van der Waals surface area contributed by atoms with Gasteiger partial charge in [-0.2, -0.15) is 0 Å². The second kappa shape index (κ2) is 13.7. The van der Waals surface area contributed by atoms with Crippen molar-refractivity contribution in [1.82, 2.24) is 10.2 Å². The molecule has 0 spiro atoms. The number of carbonyl (C=O) groups excluding carboxylic acids is 2. The second-order valence-electron chi connectivity index (χ2n) is 9.18. The number of carbonyl (C=O) groups is 2. The number of aryl methyl sites for hydroxylation is 2. The molecule has 1 atom stereocenters. The number of rotatable bonds is 13. The fourth-order valence-corrected chi connectivity index (χ4v) is 4.87. The van der Waals surface area contributed by atoms with Gasteiger partial charge >= 0.3 is 0 Å². The van der Waals surface area contributed by atoms with E-state index in [0.29, 0.717) is 23.7 Å². The van der Waals surface area contributed by atoms with E-state index in [0.717, 1.165) is 29.5 Å². The minimum absolute atomic E-state index is 0.108. The molecule has 9 heteroatoms. The highest BCUT2D eigenvalue weighted by atomic mass is 35.5. The van der Waals surface area contributed by atoms with Crippen molar-refractivity contribution in [2.45, 2.75) is 66.0 Å². The lowest BCUT2D eigenvalue weighted by Gasteiger charge is -2.29. The molecule has 2 aromatic carbocycles. The summed E-state index contributed by atoms with van der Waals surface area (Å²) in [6, 6.07) is 12.0. The summed E-state index contributed by atoms with van der Waals surface area (Å²) in [5.74, 6) is -0.421. The van der Waals surface area contributed by atoms with Gasteiger partial charge in [-0.1, -0.05) is 43.1 Å². The number of sulfonamides is 1. The zero-order chi connectivity index (χ0) is 26.9. The van der Waals surface area contributed by atoms with Crippen molar-refractivity contribution in [3.63, 3.8) is 0 Å². The van der Waals surface area contributed by atoms with Gasteiger partial charge in [-0.3, -0.25) is 13.9 Å². The van der Waals surface area contributed by atoms with Crippen LogP contribution in [0.2, 0.25) is 5.02 Å². The molecule has 0 aliphatic carbocycles. The van der Waals surface area contributed by atoms with Crippen LogP contribution in [0.15, 0.2) is 42.5 Å². The summed E-state index contributed by atoms with van der Waals surface area (Å²) in [6.45, 7) is 8.64. The van der Waals surface area contributed by atoms with E-state index in [1.54, 1.807) is 30.0 Å². The number of hydrogen-bond acceptors (Lipinski definition) is 4. The summed E-state index contributed by atoms with van der Waals surface area (Å²) < 4.78 is 26.3. The average molecular weight is 536 g/mol. The largest absolute Gasteiger partial charge is 0.354 e. The molecule has 198 valence electrons. The lowest BCUT2D eigenvalue weighted by atomic mass is 10.1. The molecule has 0 heterocycles. The maximum Gasteiger partial charge on any atom is 0.242 e. The summed E-state index contributed by atoms with van der Waals surface area (Å²) in [4.78, 5) is 27.6. The Kier molecular flexibility index (Phi) is 11.2. The number of hydrogen-bond donors (Lipinski definition) is 1. The van der Waals surface area contributed by atoms with Crippen LogP contribution < -0.4 is 9.62 Å². The van der Waals surface area contributed by atoms with E-state index < -0.39 is 16.1 Å². The molecule has 2 rings (SSSR count). The maximum absolute atomic E-state index is 13.3. The van der Waals surface area contributed by atoms with Gasteiger partial charge in [-0.05, 0) is 74.6 Å². The van der Waals surface area contributed by atoms with Gasteiger partial charge in [0.15, 0.2) is 0 Å². The van der Waals surface area contributed by atoms with E-state index in [1.165, 1.54) is 10.6 Å². The summed E-state index contributed by atoms with van der Waals surface area (Å²) in [5, 5.41) is 3.49. The summed E-state index contributed by atoms with van der Waals surface area (Å²) in [7, 11) is -3.53. The average Bonchev–Trinajstić information content (AvgIpc) is 2.82. The Morgan fingerprint density at radius 2 is 1.69 bits per heavy atom. The van der Waals surface area contributed by atoms with Crippen LogP contribution in [0.3, 0.4) is 0 Å². The summed E-state index contributed by atoms with van der Waals surface area (Å²) >= 11 is 6.00. The van der Waals surface area contributed by atoms with E-state index in [2.05, 4.69) is 5.32 Å². The summed E-state index contributed by atoms with van der Waals surface area (Å²) in [5.41, 5.74) is 3.50. The van der Waals surface area contributed by atoms with Crippen LogP contribution in [-0.2, 0) is 26.2 Å². The molecule has 0 aromatic heterocycles. The number of halogens is 1. The third kappa shape index (κ3) is 8.82. The van der Waals surface area contributed by atoms with Crippen LogP contribution in [0.4, 0.5) is 5.69 Å². The predicted molar refractivity (Wildman–Crippen MR) is 147 cm³/mol. The molecule has 0 aliphatic heterocycles. The minimum Gasteiger partial charge on any atom is -0.354 e. The lowest BCUT2D eigenvalue weighted by molar-refractivity contribution is -0.140. The van der Waals surface area contributed by atoms with E-state index in [9.17, 15) is 18.0 Å². The Morgan fingerprint density at radius 1 is 1.03 bits per heavy atom. The highest BCUT2D eigenvalue weighted by Gasteiger charge is 2.26. The number of anilines is 1. The van der Waals surface area contributed by atoms with Gasteiger partial charge in [0.1, 0.15) is 6.04 Å². The molecule has 0 unspecified atom stereocenters. The van der Waals surface area contributed by atoms with E-state index in [1.807, 2.05) is 45.0 Å². The highest BCUT2D eigenvalue weighted by Crippen LogP contribution is 2.22. The van der Waals surface area contributed by atoms with Crippen molar-refractivity contribution in [3.05, 3.63) is 64.2 Å². The molecular formula is C27H38ClN3O4S. The minimum atomic E-state index is -3.53. The second-order valence-corrected chi connectivity index (χ2v) is 11.5. The van der Waals surface area contributed by atoms with Crippen molar-refractivity contribution < 1.29 is 18.0 Å². The number of nitrogens with one attached hydrogen (secondary N) is 1. The quantitative estimate of drug-likeness (QED) is 0.372. The molecule has 36 heavy (non-hydrogen) atoms. The molecule has 2 amide bonds. The Balaban J connectivity index is 2.15. The molecule has 0 aliphatic rings. The molecule has 0 saturated heterocycles. The van der Waals surface area contributed by atoms with Crippen LogP contribution in [0.25, 0.3) is 0 Å². The van der Waals surface area contributed by atoms with Crippen LogP contribution >= 0.6 is 11.6 Å². The van der Waals surface area contributed by atoms with E-state index in [4.69, 9.17) is 11.6 Å². The van der Waals surface area contributed by atoms with Gasteiger partial charge in [0.2, 0.25) is 21.8 Å². The molecule has 0 bridgehead atoms. The first kappa shape index (κ1) is 29.6. The summed E-state index contributed by atoms with van der Waals surface area (Å²) in [6.07, 6.45) is 3.42. The Bertz CT molecular complexity index is 1140. The van der Waals surface area contributed by atoms with Crippen LogP contribution in [0.5, 0.6) is 0 Å².